The van der Waals surface area contributed by atoms with Crippen LogP contribution < -0.4 is 0 Å². The summed E-state index contributed by atoms with van der Waals surface area (Å²) in [6.45, 7) is 0. The molecule has 0 unspecified atom stereocenters. The van der Waals surface area contributed by atoms with Crippen LogP contribution in [0.15, 0.2) is 0 Å². The Hall–Kier alpha value is 0.319. The third-order valence-corrected chi connectivity index (χ3v) is 0. The molecular formula is H8FeO5. The van der Waals surface area contributed by atoms with Crippen LogP contribution in [0.25, 0.3) is 0 Å². The van der Waals surface area contributed by atoms with Crippen LogP contribution in [0.1, 0.15) is 0 Å². The van der Waals surface area contributed by atoms with Gasteiger partial charge in [-0.25, -0.2) is 0 Å². The minimum atomic E-state index is 0. The third kappa shape index (κ3) is 466. The van der Waals surface area contributed by atoms with E-state index in [1.54, 1.807) is 0 Å². The second-order valence-electron chi connectivity index (χ2n) is 0. The van der Waals surface area contributed by atoms with Crippen LogP contribution in [0, 0.1) is 0 Å². The van der Waals surface area contributed by atoms with Gasteiger partial charge >= 0.3 is 17.1 Å². The number of hydrogen-bond donors (Lipinski definition) is 0. The fraction of sp³-hybridized carbons (Fsp3) is 0. The van der Waals surface area contributed by atoms with Gasteiger partial charge in [0.2, 0.25) is 0 Å². The van der Waals surface area contributed by atoms with Crippen molar-refractivity contribution in [1.82, 2.24) is 0 Å². The molecule has 0 aromatic heterocycles. The van der Waals surface area contributed by atoms with Crippen molar-refractivity contribution in [3.05, 3.63) is 0 Å². The summed E-state index contributed by atoms with van der Waals surface area (Å²) in [7, 11) is 0. The molecule has 0 heterocycles. The molecular weight excluding hydrogens is 136 g/mol. The number of rotatable bonds is 0. The fourth-order valence-electron chi connectivity index (χ4n) is 0. The smallest absolute Gasteiger partial charge is 0.873 e. The Kier molecular flexibility index (Phi) is 284000. The minimum Gasteiger partial charge on any atom is -0.873 e. The molecule has 46 valence electrons. The molecule has 0 atom stereocenters. The molecule has 0 radical (unpaired) electrons. The molecule has 0 aliphatic rings. The van der Waals surface area contributed by atoms with Crippen LogP contribution in [-0.4, -0.2) is 21.9 Å². The topological polar surface area (TPSA) is 154 Å². The van der Waals surface area contributed by atoms with Crippen LogP contribution >= 0.6 is 0 Å². The Morgan fingerprint density at radius 3 is 0.500 bits per heavy atom. The van der Waals surface area contributed by atoms with E-state index in [9.17, 15) is 0 Å². The summed E-state index contributed by atoms with van der Waals surface area (Å²) in [6, 6.07) is 0. The molecule has 6 heteroatoms. The molecule has 0 aliphatic heterocycles. The molecule has 0 rings (SSSR count). The van der Waals surface area contributed by atoms with E-state index >= 15 is 0 Å². The first-order chi connectivity index (χ1) is 0. The van der Waals surface area contributed by atoms with Gasteiger partial charge in [0.1, 0.15) is 0 Å². The number of hydrogen-bond acceptors (Lipinski definition) is 4. The zero-order valence-electron chi connectivity index (χ0n) is 2.85. The van der Waals surface area contributed by atoms with Gasteiger partial charge in [0.15, 0.2) is 0 Å². The van der Waals surface area contributed by atoms with Crippen molar-refractivity contribution in [3.63, 3.8) is 0 Å². The first-order valence-corrected chi connectivity index (χ1v) is 0. The SMILES string of the molecule is [Fe+2].[OH-].[OH-].[OH-].[OH-].[OH4+2]. The minimum absolute atomic E-state index is 0. The van der Waals surface area contributed by atoms with E-state index in [1.165, 1.54) is 0 Å². The largest absolute Gasteiger partial charge is 2.00 e. The second-order valence-corrected chi connectivity index (χ2v) is 0. The molecule has 0 saturated carbocycles. The first kappa shape index (κ1) is 1750. The van der Waals surface area contributed by atoms with Gasteiger partial charge in [-0.1, -0.05) is 0 Å². The summed E-state index contributed by atoms with van der Waals surface area (Å²) in [6.07, 6.45) is 0. The van der Waals surface area contributed by atoms with E-state index in [1.807, 2.05) is 0 Å². The van der Waals surface area contributed by atoms with Crippen molar-refractivity contribution >= 4 is 0 Å². The average Bonchev–Trinajstić information content (AvgIpc) is 0. The maximum absolute atomic E-state index is 0. The van der Waals surface area contributed by atoms with Gasteiger partial charge < -0.3 is 27.4 Å². The van der Waals surface area contributed by atoms with Crippen LogP contribution in [0.2, 0.25) is 0 Å². The standard InChI is InChI=1S/Fe.H4O.4H2O/h;1H4;4*1H2/q2*+2;;;;/p-4. The third-order valence-electron chi connectivity index (χ3n) is 0. The monoisotopic (exact) mass is 144 g/mol. The van der Waals surface area contributed by atoms with Crippen LogP contribution in [0.3, 0.4) is 0 Å². The van der Waals surface area contributed by atoms with Crippen molar-refractivity contribution in [1.29, 1.82) is 0 Å². The quantitative estimate of drug-likeness (QED) is 0.363. The molecule has 0 aliphatic carbocycles. The summed E-state index contributed by atoms with van der Waals surface area (Å²) < 4.78 is 0. The van der Waals surface area contributed by atoms with Crippen molar-refractivity contribution < 1.29 is 44.4 Å². The molecule has 0 saturated heterocycles. The van der Waals surface area contributed by atoms with Crippen molar-refractivity contribution in [2.75, 3.05) is 0 Å². The summed E-state index contributed by atoms with van der Waals surface area (Å²) in [5, 5.41) is 0. The molecule has 0 aromatic carbocycles. The van der Waals surface area contributed by atoms with Crippen LogP contribution in [0.4, 0.5) is 0 Å². The van der Waals surface area contributed by atoms with E-state index in [-0.39, 0.29) is 44.4 Å². The van der Waals surface area contributed by atoms with E-state index < -0.39 is 0 Å². The van der Waals surface area contributed by atoms with Gasteiger partial charge in [0.25, 0.3) is 0 Å². The summed E-state index contributed by atoms with van der Waals surface area (Å²) in [5.41, 5.74) is 0. The zero-order valence-corrected chi connectivity index (χ0v) is 3.95. The van der Waals surface area contributed by atoms with Gasteiger partial charge in [-0.15, -0.1) is 0 Å². The fourth-order valence-corrected chi connectivity index (χ4v) is 0. The van der Waals surface area contributed by atoms with Gasteiger partial charge in [0.05, 0.1) is 0 Å². The van der Waals surface area contributed by atoms with Gasteiger partial charge in [-0.3, -0.25) is 0 Å². The average molecular weight is 144 g/mol. The van der Waals surface area contributed by atoms with Crippen molar-refractivity contribution in [3.8, 4) is 0 Å². The molecule has 8 N–H and O–H groups in total. The van der Waals surface area contributed by atoms with Gasteiger partial charge in [-0.05, 0) is 0 Å². The Balaban J connectivity index is 0. The van der Waals surface area contributed by atoms with E-state index in [0.29, 0.717) is 0 Å². The van der Waals surface area contributed by atoms with Crippen LogP contribution in [-0.2, 0) is 22.5 Å². The van der Waals surface area contributed by atoms with E-state index in [0.717, 1.165) is 0 Å². The molecule has 6 heavy (non-hydrogen) atoms. The first-order valence-electron chi connectivity index (χ1n) is 0. The molecule has 5 nitrogen and oxygen atoms in total. The van der Waals surface area contributed by atoms with Gasteiger partial charge in [-0.2, -0.15) is 0 Å². The molecule has 0 fully saturated rings. The Bertz CT molecular complexity index is 3.90. The van der Waals surface area contributed by atoms with Crippen molar-refractivity contribution in [2.45, 2.75) is 0 Å². The molecule has 0 spiro atoms. The van der Waals surface area contributed by atoms with Gasteiger partial charge in [0, 0.05) is 0 Å². The maximum Gasteiger partial charge on any atom is 2.00 e. The second kappa shape index (κ2) is 972. The molecule has 0 amide bonds. The summed E-state index contributed by atoms with van der Waals surface area (Å²) in [5.74, 6) is 0. The predicted molar refractivity (Wildman–Crippen MR) is 14.0 cm³/mol. The maximum atomic E-state index is 0. The Morgan fingerprint density at radius 1 is 0.500 bits per heavy atom. The Morgan fingerprint density at radius 2 is 0.500 bits per heavy atom. The van der Waals surface area contributed by atoms with E-state index in [2.05, 4.69) is 0 Å². The van der Waals surface area contributed by atoms with Crippen molar-refractivity contribution in [2.24, 2.45) is 0 Å². The summed E-state index contributed by atoms with van der Waals surface area (Å²) >= 11 is 0. The normalized spacial score (nSPS) is 0. The Labute approximate surface area is 45.4 Å². The predicted octanol–water partition coefficient (Wildman–Crippen LogP) is -1.90. The van der Waals surface area contributed by atoms with E-state index in [4.69, 9.17) is 0 Å². The van der Waals surface area contributed by atoms with Crippen LogP contribution in [0.5, 0.6) is 0 Å². The summed E-state index contributed by atoms with van der Waals surface area (Å²) in [4.78, 5) is 0. The molecule has 0 bridgehead atoms. The molecule has 0 aromatic rings. The zero-order chi connectivity index (χ0) is 0.